The molecule has 0 aliphatic carbocycles. The summed E-state index contributed by atoms with van der Waals surface area (Å²) in [5.74, 6) is 1.31. The molecule has 0 fully saturated rings. The Labute approximate surface area is 150 Å². The van der Waals surface area contributed by atoms with E-state index in [1.165, 1.54) is 6.07 Å². The van der Waals surface area contributed by atoms with Gasteiger partial charge in [0.15, 0.2) is 23.1 Å². The number of nitrogens with zero attached hydrogens (tertiary/aromatic N) is 3. The Bertz CT molecular complexity index is 926. The third-order valence-electron chi connectivity index (χ3n) is 4.13. The summed E-state index contributed by atoms with van der Waals surface area (Å²) in [5.41, 5.74) is 2.67. The summed E-state index contributed by atoms with van der Waals surface area (Å²) in [6.07, 6.45) is 4.32. The number of fused-ring (bicyclic) bond motifs is 1. The second-order valence-electron chi connectivity index (χ2n) is 6.08. The number of ether oxygens (including phenoxy) is 2. The van der Waals surface area contributed by atoms with E-state index in [1.807, 2.05) is 31.4 Å². The molecule has 1 aromatic carbocycles. The summed E-state index contributed by atoms with van der Waals surface area (Å²) >= 11 is 0. The first kappa shape index (κ1) is 16.4. The lowest BCUT2D eigenvalue weighted by molar-refractivity contribution is 0.297. The molecule has 1 N–H and O–H groups in total. The first-order valence-corrected chi connectivity index (χ1v) is 8.47. The van der Waals surface area contributed by atoms with Gasteiger partial charge in [-0.15, -0.1) is 0 Å². The number of rotatable bonds is 4. The second-order valence-corrected chi connectivity index (χ2v) is 6.08. The largest absolute Gasteiger partial charge is 0.490 e. The van der Waals surface area contributed by atoms with E-state index in [1.54, 1.807) is 16.9 Å². The van der Waals surface area contributed by atoms with Gasteiger partial charge in [0.2, 0.25) is 0 Å². The van der Waals surface area contributed by atoms with Gasteiger partial charge in [-0.1, -0.05) is 0 Å². The van der Waals surface area contributed by atoms with Crippen LogP contribution in [0.15, 0.2) is 42.7 Å². The average Bonchev–Trinajstić information content (AvgIpc) is 2.87. The van der Waals surface area contributed by atoms with Gasteiger partial charge in [0.1, 0.15) is 0 Å². The molecular weight excluding hydrogens is 335 g/mol. The topological polar surface area (TPSA) is 61.2 Å². The Morgan fingerprint density at radius 2 is 2.04 bits per heavy atom. The maximum atomic E-state index is 13.8. The van der Waals surface area contributed by atoms with Gasteiger partial charge in [0, 0.05) is 43.5 Å². The predicted octanol–water partition coefficient (Wildman–Crippen LogP) is 3.39. The van der Waals surface area contributed by atoms with Crippen molar-refractivity contribution < 1.29 is 13.9 Å². The molecule has 3 aromatic rings. The highest BCUT2D eigenvalue weighted by molar-refractivity contribution is 5.67. The van der Waals surface area contributed by atoms with Gasteiger partial charge in [-0.25, -0.2) is 9.37 Å². The summed E-state index contributed by atoms with van der Waals surface area (Å²) in [5, 5.41) is 7.58. The molecule has 134 valence electrons. The summed E-state index contributed by atoms with van der Waals surface area (Å²) in [6, 6.07) is 8.74. The lowest BCUT2D eigenvalue weighted by Gasteiger charge is -2.10. The highest BCUT2D eigenvalue weighted by atomic mass is 19.1. The highest BCUT2D eigenvalue weighted by Crippen LogP contribution is 2.34. The van der Waals surface area contributed by atoms with Crippen molar-refractivity contribution >= 4 is 5.82 Å². The smallest absolute Gasteiger partial charge is 0.165 e. The predicted molar refractivity (Wildman–Crippen MR) is 95.8 cm³/mol. The summed E-state index contributed by atoms with van der Waals surface area (Å²) < 4.78 is 27.0. The van der Waals surface area contributed by atoms with Crippen LogP contribution >= 0.6 is 0 Å². The molecule has 6 nitrogen and oxygen atoms in total. The summed E-state index contributed by atoms with van der Waals surface area (Å²) in [7, 11) is 1.86. The van der Waals surface area contributed by atoms with Crippen LogP contribution in [0.3, 0.4) is 0 Å². The van der Waals surface area contributed by atoms with Crippen LogP contribution in [-0.2, 0) is 13.6 Å². The molecule has 0 saturated heterocycles. The third kappa shape index (κ3) is 3.33. The molecule has 2 aromatic heterocycles. The van der Waals surface area contributed by atoms with Crippen molar-refractivity contribution in [2.45, 2.75) is 13.0 Å². The van der Waals surface area contributed by atoms with Crippen LogP contribution in [0.2, 0.25) is 0 Å². The molecule has 1 aliphatic heterocycles. The van der Waals surface area contributed by atoms with E-state index in [0.29, 0.717) is 19.8 Å². The van der Waals surface area contributed by atoms with Gasteiger partial charge in [-0.05, 0) is 30.3 Å². The van der Waals surface area contributed by atoms with Crippen molar-refractivity contribution in [2.75, 3.05) is 18.5 Å². The van der Waals surface area contributed by atoms with E-state index in [0.717, 1.165) is 34.7 Å². The maximum Gasteiger partial charge on any atom is 0.165 e. The molecule has 7 heteroatoms. The minimum atomic E-state index is -0.381. The number of aromatic nitrogens is 3. The van der Waals surface area contributed by atoms with Crippen molar-refractivity contribution in [1.29, 1.82) is 0 Å². The molecular formula is C19H19FN4O2. The van der Waals surface area contributed by atoms with Crippen LogP contribution in [0.1, 0.15) is 12.0 Å². The van der Waals surface area contributed by atoms with Crippen molar-refractivity contribution in [2.24, 2.45) is 7.05 Å². The maximum absolute atomic E-state index is 13.8. The lowest BCUT2D eigenvalue weighted by atomic mass is 10.1. The van der Waals surface area contributed by atoms with Crippen LogP contribution in [-0.4, -0.2) is 28.0 Å². The average molecular weight is 354 g/mol. The van der Waals surface area contributed by atoms with Gasteiger partial charge < -0.3 is 14.8 Å². The van der Waals surface area contributed by atoms with Crippen LogP contribution in [0, 0.1) is 5.82 Å². The van der Waals surface area contributed by atoms with Crippen molar-refractivity contribution in [3.8, 4) is 22.8 Å². The minimum absolute atomic E-state index is 0.223. The molecule has 3 heterocycles. The molecule has 1 aliphatic rings. The van der Waals surface area contributed by atoms with Crippen LogP contribution in [0.4, 0.5) is 10.2 Å². The van der Waals surface area contributed by atoms with E-state index in [9.17, 15) is 4.39 Å². The number of hydrogen-bond acceptors (Lipinski definition) is 5. The van der Waals surface area contributed by atoms with Crippen molar-refractivity contribution in [1.82, 2.24) is 14.8 Å². The molecule has 0 unspecified atom stereocenters. The lowest BCUT2D eigenvalue weighted by Crippen LogP contribution is -2.03. The highest BCUT2D eigenvalue weighted by Gasteiger charge is 2.16. The van der Waals surface area contributed by atoms with E-state index >= 15 is 0 Å². The molecule has 26 heavy (non-hydrogen) atoms. The van der Waals surface area contributed by atoms with E-state index in [4.69, 9.17) is 9.47 Å². The molecule has 0 amide bonds. The Balaban J connectivity index is 1.61. The monoisotopic (exact) mass is 354 g/mol. The van der Waals surface area contributed by atoms with Gasteiger partial charge >= 0.3 is 0 Å². The van der Waals surface area contributed by atoms with Gasteiger partial charge in [-0.3, -0.25) is 4.68 Å². The number of anilines is 1. The molecule has 0 bridgehead atoms. The Morgan fingerprint density at radius 3 is 2.88 bits per heavy atom. The van der Waals surface area contributed by atoms with E-state index < -0.39 is 0 Å². The van der Waals surface area contributed by atoms with E-state index in [2.05, 4.69) is 15.4 Å². The normalized spacial score (nSPS) is 13.3. The fraction of sp³-hybridized carbons (Fsp3) is 0.263. The quantitative estimate of drug-likeness (QED) is 0.778. The third-order valence-corrected chi connectivity index (χ3v) is 4.13. The van der Waals surface area contributed by atoms with Crippen LogP contribution in [0.25, 0.3) is 11.3 Å². The van der Waals surface area contributed by atoms with Crippen molar-refractivity contribution in [3.63, 3.8) is 0 Å². The van der Waals surface area contributed by atoms with Crippen LogP contribution in [0.5, 0.6) is 11.5 Å². The molecule has 0 saturated carbocycles. The van der Waals surface area contributed by atoms with Gasteiger partial charge in [-0.2, -0.15) is 5.10 Å². The molecule has 0 radical (unpaired) electrons. The van der Waals surface area contributed by atoms with Crippen LogP contribution < -0.4 is 14.8 Å². The Kier molecular flexibility index (Phi) is 4.43. The van der Waals surface area contributed by atoms with Gasteiger partial charge in [0.05, 0.1) is 18.9 Å². The first-order valence-electron chi connectivity index (χ1n) is 8.47. The standard InChI is InChI=1S/C19H19FN4O2/c1-24-12-14(11-22-19-15(20)4-2-7-21-19)18(23-24)13-5-6-16-17(10-13)26-9-3-8-25-16/h2,4-7,10,12H,3,8-9,11H2,1H3,(H,21,22). The summed E-state index contributed by atoms with van der Waals surface area (Å²) in [6.45, 7) is 1.69. The Hall–Kier alpha value is -3.09. The zero-order valence-electron chi connectivity index (χ0n) is 14.4. The number of pyridine rings is 1. The molecule has 0 spiro atoms. The second kappa shape index (κ2) is 7.03. The zero-order chi connectivity index (χ0) is 17.9. The number of hydrogen-bond donors (Lipinski definition) is 1. The number of nitrogens with one attached hydrogen (secondary N) is 1. The summed E-state index contributed by atoms with van der Waals surface area (Å²) in [4.78, 5) is 4.02. The zero-order valence-corrected chi connectivity index (χ0v) is 14.4. The SMILES string of the molecule is Cn1cc(CNc2ncccc2F)c(-c2ccc3c(c2)OCCCO3)n1. The fourth-order valence-corrected chi connectivity index (χ4v) is 2.92. The number of benzene rings is 1. The van der Waals surface area contributed by atoms with E-state index in [-0.39, 0.29) is 11.6 Å². The molecule has 0 atom stereocenters. The number of aryl methyl sites for hydroxylation is 1. The number of halogens is 1. The molecule has 4 rings (SSSR count). The first-order chi connectivity index (χ1) is 12.7. The fourth-order valence-electron chi connectivity index (χ4n) is 2.92. The van der Waals surface area contributed by atoms with Gasteiger partial charge in [0.25, 0.3) is 0 Å². The minimum Gasteiger partial charge on any atom is -0.490 e. The Morgan fingerprint density at radius 1 is 1.19 bits per heavy atom. The van der Waals surface area contributed by atoms with Crippen molar-refractivity contribution in [3.05, 3.63) is 54.1 Å².